The molecule has 0 bridgehead atoms. The topological polar surface area (TPSA) is 51.8 Å². The van der Waals surface area contributed by atoms with Crippen LogP contribution in [0.5, 0.6) is 0 Å². The molecule has 266 valence electrons. The molecule has 0 fully saturated rings. The maximum Gasteiger partial charge on any atom is 0.164 e. The van der Waals surface area contributed by atoms with Crippen LogP contribution in [0.2, 0.25) is 0 Å². The van der Waals surface area contributed by atoms with Gasteiger partial charge in [-0.2, -0.15) is 0 Å². The normalized spacial score (nSPS) is 11.5. The van der Waals surface area contributed by atoms with Crippen LogP contribution in [0.4, 0.5) is 0 Å². The lowest BCUT2D eigenvalue weighted by Gasteiger charge is -2.11. The lowest BCUT2D eigenvalue weighted by molar-refractivity contribution is 0.673. The first-order chi connectivity index (χ1) is 28.2. The van der Waals surface area contributed by atoms with E-state index in [0.29, 0.717) is 17.5 Å². The van der Waals surface area contributed by atoms with E-state index in [0.717, 1.165) is 66.1 Å². The Kier molecular flexibility index (Phi) is 7.78. The first-order valence-electron chi connectivity index (χ1n) is 19.2. The van der Waals surface area contributed by atoms with Gasteiger partial charge in [0.25, 0.3) is 0 Å². The van der Waals surface area contributed by atoms with E-state index in [2.05, 4.69) is 164 Å². The van der Waals surface area contributed by atoms with Gasteiger partial charge in [0.2, 0.25) is 0 Å². The molecular weight excluding hydrogens is 695 g/mol. The fourth-order valence-corrected chi connectivity index (χ4v) is 8.09. The average Bonchev–Trinajstić information content (AvgIpc) is 3.68. The molecule has 0 unspecified atom stereocenters. The van der Waals surface area contributed by atoms with Crippen molar-refractivity contribution in [3.05, 3.63) is 200 Å². The molecule has 57 heavy (non-hydrogen) atoms. The molecule has 2 heterocycles. The third kappa shape index (κ3) is 5.83. The van der Waals surface area contributed by atoms with Gasteiger partial charge in [-0.05, 0) is 73.8 Å². The van der Waals surface area contributed by atoms with Gasteiger partial charge in [0.05, 0.1) is 0 Å². The predicted molar refractivity (Wildman–Crippen MR) is 235 cm³/mol. The van der Waals surface area contributed by atoms with Crippen LogP contribution < -0.4 is 0 Å². The Morgan fingerprint density at radius 2 is 0.825 bits per heavy atom. The van der Waals surface area contributed by atoms with Crippen LogP contribution in [0.3, 0.4) is 0 Å². The molecule has 0 radical (unpaired) electrons. The summed E-state index contributed by atoms with van der Waals surface area (Å²) >= 11 is 0. The average molecular weight is 728 g/mol. The highest BCUT2D eigenvalue weighted by atomic mass is 16.3. The Morgan fingerprint density at radius 1 is 0.298 bits per heavy atom. The molecule has 0 aliphatic rings. The molecule has 0 spiro atoms. The zero-order valence-electron chi connectivity index (χ0n) is 30.8. The first-order valence-corrected chi connectivity index (χ1v) is 19.2. The molecule has 0 aliphatic heterocycles. The summed E-state index contributed by atoms with van der Waals surface area (Å²) in [6.45, 7) is 0. The minimum atomic E-state index is 0.593. The quantitative estimate of drug-likeness (QED) is 0.171. The van der Waals surface area contributed by atoms with E-state index in [1.54, 1.807) is 0 Å². The summed E-state index contributed by atoms with van der Waals surface area (Å²) in [5, 5.41) is 6.53. The molecule has 9 aromatic carbocycles. The Hall–Kier alpha value is -7.69. The number of nitrogens with zero attached hydrogens (tertiary/aromatic N) is 3. The molecule has 4 heteroatoms. The molecule has 0 saturated heterocycles. The van der Waals surface area contributed by atoms with E-state index in [-0.39, 0.29) is 0 Å². The second-order valence-electron chi connectivity index (χ2n) is 14.4. The van der Waals surface area contributed by atoms with Gasteiger partial charge >= 0.3 is 0 Å². The van der Waals surface area contributed by atoms with E-state index in [1.165, 1.54) is 27.5 Å². The zero-order chi connectivity index (χ0) is 37.7. The third-order valence-corrected chi connectivity index (χ3v) is 10.9. The first kappa shape index (κ1) is 32.7. The van der Waals surface area contributed by atoms with Crippen molar-refractivity contribution in [3.8, 4) is 67.5 Å². The molecular formula is C53H33N3O. The summed E-state index contributed by atoms with van der Waals surface area (Å²) < 4.78 is 6.85. The van der Waals surface area contributed by atoms with Crippen molar-refractivity contribution in [2.75, 3.05) is 0 Å². The van der Waals surface area contributed by atoms with Crippen molar-refractivity contribution in [2.24, 2.45) is 0 Å². The number of hydrogen-bond donors (Lipinski definition) is 0. The van der Waals surface area contributed by atoms with Gasteiger partial charge in [-0.25, -0.2) is 15.0 Å². The monoisotopic (exact) mass is 727 g/mol. The van der Waals surface area contributed by atoms with Crippen LogP contribution in [0.1, 0.15) is 0 Å². The zero-order valence-corrected chi connectivity index (χ0v) is 30.8. The summed E-state index contributed by atoms with van der Waals surface area (Å²) in [7, 11) is 0. The fourth-order valence-electron chi connectivity index (χ4n) is 8.09. The number of furan rings is 1. The highest BCUT2D eigenvalue weighted by Crippen LogP contribution is 2.42. The van der Waals surface area contributed by atoms with E-state index in [9.17, 15) is 0 Å². The molecule has 11 aromatic rings. The Labute approximate surface area is 329 Å². The largest absolute Gasteiger partial charge is 0.455 e. The third-order valence-electron chi connectivity index (χ3n) is 10.9. The number of benzene rings is 9. The van der Waals surface area contributed by atoms with E-state index >= 15 is 0 Å². The summed E-state index contributed by atoms with van der Waals surface area (Å²) in [6.07, 6.45) is 0. The van der Waals surface area contributed by atoms with Crippen LogP contribution in [0, 0.1) is 0 Å². The standard InChI is InChI=1S/C53H33N3O/c1-3-13-34(14-4-1)39-20-11-21-40(31-39)41-29-30-46-48(33-41)57-50-45-23-10-8-18-42(45)32-47(49(46)50)53-55-51(37-16-5-2-6-17-37)54-52(56-53)38-27-25-36(26-28-38)44-24-12-19-35-15-7-9-22-43(35)44/h1-33H. The van der Waals surface area contributed by atoms with E-state index < -0.39 is 0 Å². The Bertz CT molecular complexity index is 3270. The SMILES string of the molecule is c1ccc(-c2cccc(-c3ccc4c(c3)oc3c5ccccc5cc(-c5nc(-c6ccccc6)nc(-c6ccc(-c7cccc8ccccc78)cc6)n5)c43)c2)cc1. The second-order valence-corrected chi connectivity index (χ2v) is 14.4. The number of rotatable bonds is 6. The molecule has 0 aliphatic carbocycles. The molecule has 4 nitrogen and oxygen atoms in total. The fraction of sp³-hybridized carbons (Fsp3) is 0. The van der Waals surface area contributed by atoms with Crippen molar-refractivity contribution in [2.45, 2.75) is 0 Å². The summed E-state index contributed by atoms with van der Waals surface area (Å²) in [6, 6.07) is 69.9. The summed E-state index contributed by atoms with van der Waals surface area (Å²) in [4.78, 5) is 15.5. The van der Waals surface area contributed by atoms with Gasteiger partial charge in [-0.3, -0.25) is 0 Å². The molecule has 11 rings (SSSR count). The van der Waals surface area contributed by atoms with Gasteiger partial charge in [0, 0.05) is 32.8 Å². The molecule has 0 amide bonds. The molecule has 0 N–H and O–H groups in total. The molecule has 0 saturated carbocycles. The molecule has 0 atom stereocenters. The van der Waals surface area contributed by atoms with Crippen molar-refractivity contribution < 1.29 is 4.42 Å². The van der Waals surface area contributed by atoms with Crippen molar-refractivity contribution in [1.29, 1.82) is 0 Å². The number of hydrogen-bond acceptors (Lipinski definition) is 4. The number of fused-ring (bicyclic) bond motifs is 6. The minimum Gasteiger partial charge on any atom is -0.455 e. The van der Waals surface area contributed by atoms with Crippen molar-refractivity contribution >= 4 is 43.5 Å². The Morgan fingerprint density at radius 3 is 1.60 bits per heavy atom. The summed E-state index contributed by atoms with van der Waals surface area (Å²) in [5.74, 6) is 1.82. The highest BCUT2D eigenvalue weighted by molar-refractivity contribution is 6.21. The van der Waals surface area contributed by atoms with E-state index in [4.69, 9.17) is 19.4 Å². The number of aromatic nitrogens is 3. The minimum absolute atomic E-state index is 0.593. The Balaban J connectivity index is 1.08. The van der Waals surface area contributed by atoms with Crippen molar-refractivity contribution in [1.82, 2.24) is 15.0 Å². The van der Waals surface area contributed by atoms with Crippen molar-refractivity contribution in [3.63, 3.8) is 0 Å². The lowest BCUT2D eigenvalue weighted by Crippen LogP contribution is -2.00. The van der Waals surface area contributed by atoms with Gasteiger partial charge in [0.15, 0.2) is 17.5 Å². The second kappa shape index (κ2) is 13.6. The van der Waals surface area contributed by atoms with Gasteiger partial charge in [-0.15, -0.1) is 0 Å². The van der Waals surface area contributed by atoms with Crippen LogP contribution in [-0.2, 0) is 0 Å². The van der Waals surface area contributed by atoms with Gasteiger partial charge in [-0.1, -0.05) is 176 Å². The smallest absolute Gasteiger partial charge is 0.164 e. The van der Waals surface area contributed by atoms with Gasteiger partial charge in [0.1, 0.15) is 11.2 Å². The maximum absolute atomic E-state index is 6.85. The summed E-state index contributed by atoms with van der Waals surface area (Å²) in [5.41, 5.74) is 11.3. The van der Waals surface area contributed by atoms with Crippen LogP contribution in [0.25, 0.3) is 111 Å². The van der Waals surface area contributed by atoms with Crippen LogP contribution in [-0.4, -0.2) is 15.0 Å². The van der Waals surface area contributed by atoms with Crippen LogP contribution in [0.15, 0.2) is 205 Å². The predicted octanol–water partition coefficient (Wildman–Crippen LogP) is 14.1. The maximum atomic E-state index is 6.85. The van der Waals surface area contributed by atoms with Gasteiger partial charge < -0.3 is 4.42 Å². The van der Waals surface area contributed by atoms with E-state index in [1.807, 2.05) is 36.4 Å². The lowest BCUT2D eigenvalue weighted by atomic mass is 9.96. The highest BCUT2D eigenvalue weighted by Gasteiger charge is 2.21. The van der Waals surface area contributed by atoms with Crippen LogP contribution >= 0.6 is 0 Å². The molecule has 2 aromatic heterocycles.